The van der Waals surface area contributed by atoms with Gasteiger partial charge in [0.1, 0.15) is 5.60 Å². The first-order valence-corrected chi connectivity index (χ1v) is 10.9. The molecule has 1 unspecified atom stereocenters. The van der Waals surface area contributed by atoms with E-state index in [0.717, 1.165) is 19.3 Å². The van der Waals surface area contributed by atoms with Crippen LogP contribution in [0.25, 0.3) is 0 Å². The van der Waals surface area contributed by atoms with Crippen molar-refractivity contribution in [1.82, 2.24) is 9.21 Å². The van der Waals surface area contributed by atoms with Crippen LogP contribution in [0.15, 0.2) is 11.6 Å². The first-order chi connectivity index (χ1) is 11.9. The Labute approximate surface area is 150 Å². The Morgan fingerprint density at radius 3 is 2.80 bits per heavy atom. The fraction of sp³-hybridized carbons (Fsp3) is 0.824. The summed E-state index contributed by atoms with van der Waals surface area (Å²) in [5, 5.41) is 0. The van der Waals surface area contributed by atoms with Crippen molar-refractivity contribution in [3.63, 3.8) is 0 Å². The SMILES string of the molecule is CS(=O)(=O)N1CCOCC2(CN(C(=O)CC3=CCCCC3)CCO2)C1. The van der Waals surface area contributed by atoms with Gasteiger partial charge >= 0.3 is 0 Å². The fourth-order valence-electron chi connectivity index (χ4n) is 3.77. The highest BCUT2D eigenvalue weighted by Gasteiger charge is 2.43. The van der Waals surface area contributed by atoms with Crippen LogP contribution in [0, 0.1) is 0 Å². The van der Waals surface area contributed by atoms with Crippen LogP contribution in [-0.4, -0.2) is 81.4 Å². The summed E-state index contributed by atoms with van der Waals surface area (Å²) in [6, 6.07) is 0. The summed E-state index contributed by atoms with van der Waals surface area (Å²) in [7, 11) is -3.32. The monoisotopic (exact) mass is 372 g/mol. The van der Waals surface area contributed by atoms with Gasteiger partial charge in [0.2, 0.25) is 15.9 Å². The lowest BCUT2D eigenvalue weighted by Gasteiger charge is -2.43. The number of nitrogens with zero attached hydrogens (tertiary/aromatic N) is 2. The molecule has 0 saturated carbocycles. The van der Waals surface area contributed by atoms with Crippen molar-refractivity contribution in [2.45, 2.75) is 37.7 Å². The van der Waals surface area contributed by atoms with Gasteiger partial charge in [-0.25, -0.2) is 8.42 Å². The summed E-state index contributed by atoms with van der Waals surface area (Å²) in [4.78, 5) is 14.5. The maximum absolute atomic E-state index is 12.7. The van der Waals surface area contributed by atoms with Crippen molar-refractivity contribution in [3.05, 3.63) is 11.6 Å². The minimum atomic E-state index is -3.32. The van der Waals surface area contributed by atoms with Gasteiger partial charge < -0.3 is 14.4 Å². The van der Waals surface area contributed by atoms with Gasteiger partial charge in [-0.3, -0.25) is 4.79 Å². The molecular formula is C17H28N2O5S. The zero-order valence-electron chi connectivity index (χ0n) is 14.9. The number of morpholine rings is 1. The van der Waals surface area contributed by atoms with Crippen molar-refractivity contribution in [3.8, 4) is 0 Å². The molecule has 3 rings (SSSR count). The molecule has 8 heteroatoms. The van der Waals surface area contributed by atoms with E-state index >= 15 is 0 Å². The number of hydrogen-bond acceptors (Lipinski definition) is 5. The van der Waals surface area contributed by atoms with E-state index in [9.17, 15) is 13.2 Å². The van der Waals surface area contributed by atoms with E-state index in [0.29, 0.717) is 45.9 Å². The van der Waals surface area contributed by atoms with Crippen LogP contribution in [0.3, 0.4) is 0 Å². The van der Waals surface area contributed by atoms with E-state index in [1.165, 1.54) is 22.6 Å². The first kappa shape index (κ1) is 18.8. The summed E-state index contributed by atoms with van der Waals surface area (Å²) < 4.78 is 36.9. The maximum atomic E-state index is 12.7. The largest absolute Gasteiger partial charge is 0.377 e. The Hall–Kier alpha value is -0.960. The van der Waals surface area contributed by atoms with Crippen molar-refractivity contribution in [2.24, 2.45) is 0 Å². The van der Waals surface area contributed by atoms with Gasteiger partial charge in [-0.2, -0.15) is 4.31 Å². The molecule has 0 radical (unpaired) electrons. The quantitative estimate of drug-likeness (QED) is 0.684. The Kier molecular flexibility index (Phi) is 5.82. The first-order valence-electron chi connectivity index (χ1n) is 9.01. The third-order valence-electron chi connectivity index (χ3n) is 5.15. The van der Waals surface area contributed by atoms with E-state index in [-0.39, 0.29) is 12.5 Å². The number of carbonyl (C=O) groups excluding carboxylic acids is 1. The average Bonchev–Trinajstić information content (AvgIpc) is 2.78. The topological polar surface area (TPSA) is 76.2 Å². The fourth-order valence-corrected chi connectivity index (χ4v) is 4.64. The molecule has 1 spiro atoms. The molecule has 1 amide bonds. The van der Waals surface area contributed by atoms with Crippen LogP contribution in [-0.2, 0) is 24.3 Å². The lowest BCUT2D eigenvalue weighted by atomic mass is 9.96. The van der Waals surface area contributed by atoms with Gasteiger partial charge in [0, 0.05) is 26.1 Å². The van der Waals surface area contributed by atoms with E-state index < -0.39 is 15.6 Å². The zero-order chi connectivity index (χ0) is 17.9. The number of rotatable bonds is 3. The predicted octanol–water partition coefficient (Wildman–Crippen LogP) is 0.766. The molecular weight excluding hydrogens is 344 g/mol. The lowest BCUT2D eigenvalue weighted by Crippen LogP contribution is -2.60. The Morgan fingerprint density at radius 1 is 1.24 bits per heavy atom. The van der Waals surface area contributed by atoms with Crippen molar-refractivity contribution < 1.29 is 22.7 Å². The van der Waals surface area contributed by atoms with E-state index in [1.807, 2.05) is 4.90 Å². The van der Waals surface area contributed by atoms with Crippen molar-refractivity contribution >= 4 is 15.9 Å². The molecule has 142 valence electrons. The average molecular weight is 372 g/mol. The van der Waals surface area contributed by atoms with E-state index in [4.69, 9.17) is 9.47 Å². The molecule has 0 N–H and O–H groups in total. The van der Waals surface area contributed by atoms with E-state index in [1.54, 1.807) is 0 Å². The lowest BCUT2D eigenvalue weighted by molar-refractivity contribution is -0.159. The summed E-state index contributed by atoms with van der Waals surface area (Å²) in [5.74, 6) is 0.103. The Balaban J connectivity index is 1.68. The summed E-state index contributed by atoms with van der Waals surface area (Å²) in [6.45, 7) is 2.55. The molecule has 3 aliphatic rings. The number of allylic oxidation sites excluding steroid dienone is 1. The summed E-state index contributed by atoms with van der Waals surface area (Å²) >= 11 is 0. The van der Waals surface area contributed by atoms with Gasteiger partial charge in [-0.15, -0.1) is 0 Å². The third kappa shape index (κ3) is 4.81. The van der Waals surface area contributed by atoms with Gasteiger partial charge in [0.05, 0.1) is 32.6 Å². The highest BCUT2D eigenvalue weighted by Crippen LogP contribution is 2.26. The number of carbonyl (C=O) groups is 1. The molecule has 2 heterocycles. The summed E-state index contributed by atoms with van der Waals surface area (Å²) in [5.41, 5.74) is 0.459. The highest BCUT2D eigenvalue weighted by atomic mass is 32.2. The normalized spacial score (nSPS) is 29.3. The number of sulfonamides is 1. The molecule has 0 aromatic carbocycles. The number of hydrogen-bond donors (Lipinski definition) is 0. The van der Waals surface area contributed by atoms with Crippen molar-refractivity contribution in [1.29, 1.82) is 0 Å². The molecule has 2 saturated heterocycles. The second-order valence-electron chi connectivity index (χ2n) is 7.28. The maximum Gasteiger partial charge on any atom is 0.226 e. The van der Waals surface area contributed by atoms with Gasteiger partial charge in [-0.1, -0.05) is 11.6 Å². The highest BCUT2D eigenvalue weighted by molar-refractivity contribution is 7.88. The minimum Gasteiger partial charge on any atom is -0.377 e. The molecule has 7 nitrogen and oxygen atoms in total. The third-order valence-corrected chi connectivity index (χ3v) is 6.40. The smallest absolute Gasteiger partial charge is 0.226 e. The minimum absolute atomic E-state index is 0.103. The molecule has 0 aromatic rings. The molecule has 25 heavy (non-hydrogen) atoms. The number of ether oxygens (including phenoxy) is 2. The van der Waals surface area contributed by atoms with Gasteiger partial charge in [0.15, 0.2) is 0 Å². The van der Waals surface area contributed by atoms with Crippen LogP contribution in [0.1, 0.15) is 32.1 Å². The standard InChI is InChI=1S/C17H28N2O5S/c1-25(21,22)19-8-9-23-14-17(13-19)12-18(7-10-24-17)16(20)11-15-5-3-2-4-6-15/h5H,2-4,6-14H2,1H3. The van der Waals surface area contributed by atoms with Crippen LogP contribution in [0.2, 0.25) is 0 Å². The van der Waals surface area contributed by atoms with Crippen molar-refractivity contribution in [2.75, 3.05) is 52.3 Å². The summed E-state index contributed by atoms with van der Waals surface area (Å²) in [6.07, 6.45) is 8.29. The van der Waals surface area contributed by atoms with Crippen LogP contribution in [0.4, 0.5) is 0 Å². The zero-order valence-corrected chi connectivity index (χ0v) is 15.7. The van der Waals surface area contributed by atoms with E-state index in [2.05, 4.69) is 6.08 Å². The van der Waals surface area contributed by atoms with Crippen LogP contribution in [0.5, 0.6) is 0 Å². The molecule has 0 aromatic heterocycles. The molecule has 0 bridgehead atoms. The molecule has 1 aliphatic carbocycles. The predicted molar refractivity (Wildman–Crippen MR) is 93.7 cm³/mol. The molecule has 2 fully saturated rings. The number of amides is 1. The van der Waals surface area contributed by atoms with Crippen LogP contribution < -0.4 is 0 Å². The Morgan fingerprint density at radius 2 is 2.08 bits per heavy atom. The van der Waals surface area contributed by atoms with Gasteiger partial charge in [-0.05, 0) is 25.7 Å². The second kappa shape index (κ2) is 7.73. The van der Waals surface area contributed by atoms with Gasteiger partial charge in [0.25, 0.3) is 0 Å². The second-order valence-corrected chi connectivity index (χ2v) is 9.26. The Bertz CT molecular complexity index is 633. The molecule has 2 aliphatic heterocycles. The van der Waals surface area contributed by atoms with Crippen LogP contribution >= 0.6 is 0 Å². The molecule has 1 atom stereocenters.